The Kier molecular flexibility index (Phi) is 7.03. The first-order valence-corrected chi connectivity index (χ1v) is 10.3. The van der Waals surface area contributed by atoms with Gasteiger partial charge in [-0.05, 0) is 48.2 Å². The minimum atomic E-state index is -0.611. The summed E-state index contributed by atoms with van der Waals surface area (Å²) in [6, 6.07) is 16.1. The molecule has 0 aliphatic carbocycles. The van der Waals surface area contributed by atoms with E-state index in [2.05, 4.69) is 19.2 Å². The lowest BCUT2D eigenvalue weighted by atomic mass is 9.96. The van der Waals surface area contributed by atoms with E-state index in [1.165, 1.54) is 0 Å². The lowest BCUT2D eigenvalue weighted by Gasteiger charge is -2.23. The highest BCUT2D eigenvalue weighted by Gasteiger charge is 2.37. The van der Waals surface area contributed by atoms with Gasteiger partial charge in [0.15, 0.2) is 6.61 Å². The number of hydrogen-bond acceptors (Lipinski definition) is 5. The number of carbonyl (C=O) groups excluding carboxylic acids is 3. The largest absolute Gasteiger partial charge is 0.455 e. The van der Waals surface area contributed by atoms with Gasteiger partial charge in [-0.3, -0.25) is 14.4 Å². The van der Waals surface area contributed by atoms with E-state index in [1.807, 2.05) is 30.3 Å². The van der Waals surface area contributed by atoms with Gasteiger partial charge < -0.3 is 15.0 Å². The number of ether oxygens (including phenoxy) is 1. The smallest absolute Gasteiger partial charge is 0.311 e. The third-order valence-corrected chi connectivity index (χ3v) is 5.47. The first kappa shape index (κ1) is 22.0. The molecule has 0 saturated carbocycles. The van der Waals surface area contributed by atoms with Crippen LogP contribution in [0.15, 0.2) is 48.5 Å². The van der Waals surface area contributed by atoms with E-state index in [0.717, 1.165) is 17.7 Å². The number of esters is 1. The molecule has 1 aliphatic rings. The molecule has 3 rings (SSSR count). The summed E-state index contributed by atoms with van der Waals surface area (Å²) in [7, 11) is 0. The van der Waals surface area contributed by atoms with Crippen molar-refractivity contribution in [1.82, 2.24) is 0 Å². The van der Waals surface area contributed by atoms with Gasteiger partial charge >= 0.3 is 5.97 Å². The minimum absolute atomic E-state index is 0.0604. The predicted molar refractivity (Wildman–Crippen MR) is 116 cm³/mol. The fourth-order valence-electron chi connectivity index (χ4n) is 3.55. The van der Waals surface area contributed by atoms with Gasteiger partial charge in [-0.2, -0.15) is 5.26 Å². The molecule has 1 aliphatic heterocycles. The number of para-hydroxylation sites is 1. The average molecular weight is 419 g/mol. The SMILES string of the molecule is CC[C@H](C)c1ccccc1N1C[C@@H](C(=O)OCC(=O)Nc2ccc(C#N)cc2)CC1=O. The molecule has 0 radical (unpaired) electrons. The molecule has 1 heterocycles. The third kappa shape index (κ3) is 5.28. The summed E-state index contributed by atoms with van der Waals surface area (Å²) in [5.41, 5.74) is 2.89. The van der Waals surface area contributed by atoms with Crippen molar-refractivity contribution in [3.63, 3.8) is 0 Å². The zero-order chi connectivity index (χ0) is 22.4. The molecule has 2 aromatic carbocycles. The van der Waals surface area contributed by atoms with Crippen molar-refractivity contribution in [3.8, 4) is 6.07 Å². The summed E-state index contributed by atoms with van der Waals surface area (Å²) < 4.78 is 5.15. The van der Waals surface area contributed by atoms with E-state index >= 15 is 0 Å². The molecule has 1 saturated heterocycles. The Morgan fingerprint density at radius 2 is 1.94 bits per heavy atom. The number of amides is 2. The van der Waals surface area contributed by atoms with E-state index < -0.39 is 24.4 Å². The van der Waals surface area contributed by atoms with Crippen molar-refractivity contribution in [2.75, 3.05) is 23.4 Å². The van der Waals surface area contributed by atoms with Gasteiger partial charge in [-0.25, -0.2) is 0 Å². The topological polar surface area (TPSA) is 99.5 Å². The Labute approximate surface area is 181 Å². The molecule has 2 amide bonds. The highest BCUT2D eigenvalue weighted by Crippen LogP contribution is 2.33. The fourth-order valence-corrected chi connectivity index (χ4v) is 3.55. The van der Waals surface area contributed by atoms with E-state index in [9.17, 15) is 14.4 Å². The van der Waals surface area contributed by atoms with Crippen LogP contribution in [0.4, 0.5) is 11.4 Å². The molecular weight excluding hydrogens is 394 g/mol. The molecule has 1 fully saturated rings. The van der Waals surface area contributed by atoms with Crippen molar-refractivity contribution in [3.05, 3.63) is 59.7 Å². The van der Waals surface area contributed by atoms with E-state index in [1.54, 1.807) is 29.2 Å². The standard InChI is InChI=1S/C24H25N3O4/c1-3-16(2)20-6-4-5-7-21(20)27-14-18(12-23(27)29)24(30)31-15-22(28)26-19-10-8-17(13-25)9-11-19/h4-11,16,18H,3,12,14-15H2,1-2H3,(H,26,28)/t16-,18-/m0/s1. The second kappa shape index (κ2) is 9.90. The Hall–Kier alpha value is -3.66. The molecule has 160 valence electrons. The Bertz CT molecular complexity index is 1010. The number of nitrogens with zero attached hydrogens (tertiary/aromatic N) is 2. The zero-order valence-electron chi connectivity index (χ0n) is 17.6. The second-order valence-electron chi connectivity index (χ2n) is 7.62. The maximum Gasteiger partial charge on any atom is 0.311 e. The first-order valence-electron chi connectivity index (χ1n) is 10.3. The van der Waals surface area contributed by atoms with Crippen LogP contribution >= 0.6 is 0 Å². The van der Waals surface area contributed by atoms with Crippen molar-refractivity contribution in [1.29, 1.82) is 5.26 Å². The number of nitriles is 1. The van der Waals surface area contributed by atoms with E-state index in [4.69, 9.17) is 10.00 Å². The average Bonchev–Trinajstić information content (AvgIpc) is 3.19. The van der Waals surface area contributed by atoms with Crippen LogP contribution in [0.25, 0.3) is 0 Å². The van der Waals surface area contributed by atoms with Crippen molar-refractivity contribution in [2.45, 2.75) is 32.6 Å². The maximum absolute atomic E-state index is 12.6. The second-order valence-corrected chi connectivity index (χ2v) is 7.62. The number of nitrogens with one attached hydrogen (secondary N) is 1. The number of benzene rings is 2. The molecule has 1 N–H and O–H groups in total. The molecular formula is C24H25N3O4. The van der Waals surface area contributed by atoms with Crippen LogP contribution in [0, 0.1) is 17.2 Å². The van der Waals surface area contributed by atoms with Crippen molar-refractivity contribution in [2.24, 2.45) is 5.92 Å². The highest BCUT2D eigenvalue weighted by molar-refractivity contribution is 6.00. The summed E-state index contributed by atoms with van der Waals surface area (Å²) in [5, 5.41) is 11.4. The van der Waals surface area contributed by atoms with Crippen LogP contribution in [-0.2, 0) is 19.1 Å². The predicted octanol–water partition coefficient (Wildman–Crippen LogP) is 3.61. The van der Waals surface area contributed by atoms with Crippen LogP contribution in [0.3, 0.4) is 0 Å². The minimum Gasteiger partial charge on any atom is -0.455 e. The first-order chi connectivity index (χ1) is 14.9. The molecule has 31 heavy (non-hydrogen) atoms. The lowest BCUT2D eigenvalue weighted by Crippen LogP contribution is -2.29. The maximum atomic E-state index is 12.6. The number of carbonyl (C=O) groups is 3. The van der Waals surface area contributed by atoms with Crippen LogP contribution in [0.2, 0.25) is 0 Å². The molecule has 7 heteroatoms. The number of anilines is 2. The zero-order valence-corrected chi connectivity index (χ0v) is 17.6. The van der Waals surface area contributed by atoms with Crippen LogP contribution in [0.1, 0.15) is 43.7 Å². The molecule has 0 unspecified atom stereocenters. The number of rotatable bonds is 7. The van der Waals surface area contributed by atoms with Crippen molar-refractivity contribution < 1.29 is 19.1 Å². The molecule has 2 atom stereocenters. The molecule has 7 nitrogen and oxygen atoms in total. The normalized spacial score (nSPS) is 16.5. The van der Waals surface area contributed by atoms with Crippen molar-refractivity contribution >= 4 is 29.2 Å². The molecule has 0 spiro atoms. The highest BCUT2D eigenvalue weighted by atomic mass is 16.5. The summed E-state index contributed by atoms with van der Waals surface area (Å²) in [4.78, 5) is 38.8. The third-order valence-electron chi connectivity index (χ3n) is 5.47. The fraction of sp³-hybridized carbons (Fsp3) is 0.333. The summed E-state index contributed by atoms with van der Waals surface area (Å²) in [6.45, 7) is 4.00. The van der Waals surface area contributed by atoms with Gasteiger partial charge in [0.1, 0.15) is 0 Å². The summed E-state index contributed by atoms with van der Waals surface area (Å²) in [5.74, 6) is -1.49. The van der Waals surface area contributed by atoms with Gasteiger partial charge in [-0.15, -0.1) is 0 Å². The van der Waals surface area contributed by atoms with Gasteiger partial charge in [0.2, 0.25) is 5.91 Å². The van der Waals surface area contributed by atoms with Crippen LogP contribution in [-0.4, -0.2) is 30.9 Å². The van der Waals surface area contributed by atoms with Gasteiger partial charge in [0, 0.05) is 24.3 Å². The van der Waals surface area contributed by atoms with Gasteiger partial charge in [-0.1, -0.05) is 32.0 Å². The number of hydrogen-bond donors (Lipinski definition) is 1. The Morgan fingerprint density at radius 1 is 1.23 bits per heavy atom. The van der Waals surface area contributed by atoms with E-state index in [-0.39, 0.29) is 18.9 Å². The van der Waals surface area contributed by atoms with Gasteiger partial charge in [0.05, 0.1) is 17.6 Å². The summed E-state index contributed by atoms with van der Waals surface area (Å²) in [6.07, 6.45) is 1.00. The molecule has 2 aromatic rings. The summed E-state index contributed by atoms with van der Waals surface area (Å²) >= 11 is 0. The molecule has 0 bridgehead atoms. The van der Waals surface area contributed by atoms with E-state index in [0.29, 0.717) is 17.2 Å². The quantitative estimate of drug-likeness (QED) is 0.691. The Morgan fingerprint density at radius 3 is 2.61 bits per heavy atom. The van der Waals surface area contributed by atoms with Crippen LogP contribution < -0.4 is 10.2 Å². The monoisotopic (exact) mass is 419 g/mol. The van der Waals surface area contributed by atoms with Gasteiger partial charge in [0.25, 0.3) is 5.91 Å². The van der Waals surface area contributed by atoms with Crippen LogP contribution in [0.5, 0.6) is 0 Å². The Balaban J connectivity index is 1.57. The molecule has 0 aromatic heterocycles. The lowest BCUT2D eigenvalue weighted by molar-refractivity contribution is -0.151.